The molecule has 0 spiro atoms. The maximum atomic E-state index is 12.8. The van der Waals surface area contributed by atoms with Crippen LogP contribution in [-0.4, -0.2) is 63.1 Å². The van der Waals surface area contributed by atoms with E-state index in [0.29, 0.717) is 24.9 Å². The quantitative estimate of drug-likeness (QED) is 0.713. The Morgan fingerprint density at radius 1 is 1.30 bits per heavy atom. The van der Waals surface area contributed by atoms with Gasteiger partial charge in [-0.1, -0.05) is 0 Å². The third kappa shape index (κ3) is 4.31. The number of nitrogens with zero attached hydrogens (tertiary/aromatic N) is 1. The van der Waals surface area contributed by atoms with Crippen molar-refractivity contribution in [3.63, 3.8) is 0 Å². The van der Waals surface area contributed by atoms with Crippen molar-refractivity contribution in [2.45, 2.75) is 36.6 Å². The number of sulfonamides is 1. The molecule has 1 atom stereocenters. The number of rotatable bonds is 7. The highest BCUT2D eigenvalue weighted by Gasteiger charge is 2.44. The van der Waals surface area contributed by atoms with Gasteiger partial charge in [-0.2, -0.15) is 0 Å². The van der Waals surface area contributed by atoms with Crippen molar-refractivity contribution in [1.29, 1.82) is 0 Å². The zero-order chi connectivity index (χ0) is 19.7. The van der Waals surface area contributed by atoms with Crippen LogP contribution in [0.1, 0.15) is 36.0 Å². The minimum atomic E-state index is -3.57. The van der Waals surface area contributed by atoms with E-state index >= 15 is 0 Å². The molecule has 1 aliphatic carbocycles. The lowest BCUT2D eigenvalue weighted by Crippen LogP contribution is -2.52. The van der Waals surface area contributed by atoms with Crippen LogP contribution < -0.4 is 4.72 Å². The molecule has 148 valence electrons. The van der Waals surface area contributed by atoms with Crippen molar-refractivity contribution in [3.8, 4) is 0 Å². The van der Waals surface area contributed by atoms with Crippen LogP contribution in [0, 0.1) is 5.41 Å². The highest BCUT2D eigenvalue weighted by molar-refractivity contribution is 7.89. The number of methoxy groups -OCH3 is 1. The molecule has 1 amide bonds. The van der Waals surface area contributed by atoms with E-state index in [1.54, 1.807) is 0 Å². The third-order valence-corrected chi connectivity index (χ3v) is 6.59. The average molecular weight is 396 g/mol. The zero-order valence-corrected chi connectivity index (χ0v) is 16.0. The maximum Gasteiger partial charge on any atom is 0.313 e. The summed E-state index contributed by atoms with van der Waals surface area (Å²) in [5.41, 5.74) is -0.779. The van der Waals surface area contributed by atoms with Crippen molar-refractivity contribution in [1.82, 2.24) is 9.62 Å². The highest BCUT2D eigenvalue weighted by atomic mass is 32.2. The van der Waals surface area contributed by atoms with Crippen LogP contribution >= 0.6 is 0 Å². The number of ether oxygens (including phenoxy) is 1. The molecule has 27 heavy (non-hydrogen) atoms. The van der Waals surface area contributed by atoms with E-state index in [4.69, 9.17) is 4.74 Å². The van der Waals surface area contributed by atoms with E-state index < -0.39 is 21.4 Å². The summed E-state index contributed by atoms with van der Waals surface area (Å²) >= 11 is 0. The minimum Gasteiger partial charge on any atom is -0.481 e. The van der Waals surface area contributed by atoms with Crippen LogP contribution in [0.4, 0.5) is 0 Å². The lowest BCUT2D eigenvalue weighted by molar-refractivity contribution is -0.155. The number of amides is 1. The number of carboxylic acids is 1. The Labute approximate surface area is 158 Å². The van der Waals surface area contributed by atoms with Gasteiger partial charge >= 0.3 is 5.97 Å². The first-order chi connectivity index (χ1) is 12.8. The lowest BCUT2D eigenvalue weighted by atomic mass is 9.80. The fourth-order valence-electron chi connectivity index (χ4n) is 3.38. The van der Waals surface area contributed by atoms with E-state index in [9.17, 15) is 23.1 Å². The number of nitrogens with one attached hydrogen (secondary N) is 1. The number of carboxylic acid groups (broad SMARTS) is 1. The molecule has 0 aromatic heterocycles. The molecule has 1 saturated heterocycles. The van der Waals surface area contributed by atoms with Crippen molar-refractivity contribution in [2.75, 3.05) is 26.8 Å². The van der Waals surface area contributed by atoms with Crippen molar-refractivity contribution < 1.29 is 27.9 Å². The number of piperidine rings is 1. The van der Waals surface area contributed by atoms with Gasteiger partial charge in [-0.05, 0) is 49.9 Å². The predicted octanol–water partition coefficient (Wildman–Crippen LogP) is 1.08. The summed E-state index contributed by atoms with van der Waals surface area (Å²) in [6.07, 6.45) is 2.71. The second kappa shape index (κ2) is 7.57. The second-order valence-corrected chi connectivity index (χ2v) is 8.98. The Morgan fingerprint density at radius 2 is 1.96 bits per heavy atom. The molecule has 3 rings (SSSR count). The molecule has 0 bridgehead atoms. The number of aliphatic carboxylic acids is 1. The largest absolute Gasteiger partial charge is 0.481 e. The average Bonchev–Trinajstić information content (AvgIpc) is 3.45. The van der Waals surface area contributed by atoms with Crippen LogP contribution in [-0.2, 0) is 19.6 Å². The Hall–Kier alpha value is -1.97. The number of benzene rings is 1. The molecule has 1 aromatic rings. The number of hydrogen-bond donors (Lipinski definition) is 2. The molecule has 9 heteroatoms. The molecular formula is C18H24N2O6S. The topological polar surface area (TPSA) is 113 Å². The molecule has 2 N–H and O–H groups in total. The number of carbonyl (C=O) groups is 2. The van der Waals surface area contributed by atoms with Gasteiger partial charge in [0.2, 0.25) is 10.0 Å². The van der Waals surface area contributed by atoms with Gasteiger partial charge in [0.05, 0.1) is 11.5 Å². The summed E-state index contributed by atoms with van der Waals surface area (Å²) in [5.74, 6) is -1.29. The van der Waals surface area contributed by atoms with Crippen LogP contribution in [0.2, 0.25) is 0 Å². The lowest BCUT2D eigenvalue weighted by Gasteiger charge is -2.39. The summed E-state index contributed by atoms with van der Waals surface area (Å²) in [5, 5.41) is 9.60. The van der Waals surface area contributed by atoms with E-state index in [1.807, 2.05) is 0 Å². The molecule has 1 aromatic carbocycles. The predicted molar refractivity (Wildman–Crippen MR) is 96.9 cm³/mol. The summed E-state index contributed by atoms with van der Waals surface area (Å²) < 4.78 is 32.1. The summed E-state index contributed by atoms with van der Waals surface area (Å²) in [7, 11) is -2.13. The van der Waals surface area contributed by atoms with E-state index in [2.05, 4.69) is 4.72 Å². The van der Waals surface area contributed by atoms with Crippen LogP contribution in [0.5, 0.6) is 0 Å². The van der Waals surface area contributed by atoms with Crippen molar-refractivity contribution in [2.24, 2.45) is 5.41 Å². The van der Waals surface area contributed by atoms with E-state index in [1.165, 1.54) is 36.3 Å². The summed E-state index contributed by atoms with van der Waals surface area (Å²) in [6, 6.07) is 5.76. The molecule has 0 radical (unpaired) electrons. The summed E-state index contributed by atoms with van der Waals surface area (Å²) in [6.45, 7) is 0.565. The normalized spacial score (nSPS) is 23.2. The minimum absolute atomic E-state index is 0.00887. The van der Waals surface area contributed by atoms with E-state index in [0.717, 1.165) is 12.8 Å². The van der Waals surface area contributed by atoms with Crippen molar-refractivity contribution in [3.05, 3.63) is 29.8 Å². The van der Waals surface area contributed by atoms with Gasteiger partial charge in [0.25, 0.3) is 5.91 Å². The molecule has 1 unspecified atom stereocenters. The Morgan fingerprint density at radius 3 is 2.52 bits per heavy atom. The monoisotopic (exact) mass is 396 g/mol. The first-order valence-corrected chi connectivity index (χ1v) is 10.4. The fraction of sp³-hybridized carbons (Fsp3) is 0.556. The second-order valence-electron chi connectivity index (χ2n) is 7.27. The summed E-state index contributed by atoms with van der Waals surface area (Å²) in [4.78, 5) is 26.1. The van der Waals surface area contributed by atoms with Gasteiger partial charge in [-0.25, -0.2) is 13.1 Å². The SMILES string of the molecule is COCC1(C(=O)O)CCCN(C(=O)c2ccc(S(=O)(=O)NC3CC3)cc2)C1. The first kappa shape index (κ1) is 19.8. The molecule has 1 heterocycles. The van der Waals surface area contributed by atoms with Gasteiger partial charge in [0.15, 0.2) is 0 Å². The maximum absolute atomic E-state index is 12.8. The molecular weight excluding hydrogens is 372 g/mol. The van der Waals surface area contributed by atoms with Gasteiger partial charge < -0.3 is 14.7 Å². The molecule has 2 fully saturated rings. The van der Waals surface area contributed by atoms with Gasteiger partial charge in [0, 0.05) is 31.8 Å². The van der Waals surface area contributed by atoms with Crippen molar-refractivity contribution >= 4 is 21.9 Å². The first-order valence-electron chi connectivity index (χ1n) is 8.91. The van der Waals surface area contributed by atoms with Gasteiger partial charge in [-0.3, -0.25) is 9.59 Å². The van der Waals surface area contributed by atoms with Crippen LogP contribution in [0.3, 0.4) is 0 Å². The fourth-order valence-corrected chi connectivity index (χ4v) is 4.69. The number of carbonyl (C=O) groups excluding carboxylic acids is 1. The smallest absolute Gasteiger partial charge is 0.313 e. The third-order valence-electron chi connectivity index (χ3n) is 5.05. The Bertz CT molecular complexity index is 815. The number of hydrogen-bond acceptors (Lipinski definition) is 5. The molecule has 1 aliphatic heterocycles. The standard InChI is InChI=1S/C18H24N2O6S/c1-26-12-18(17(22)23)9-2-10-20(11-18)16(21)13-3-7-15(8-4-13)27(24,25)19-14-5-6-14/h3-4,7-8,14,19H,2,5-6,9-12H2,1H3,(H,22,23). The van der Waals surface area contributed by atoms with E-state index in [-0.39, 0.29) is 30.0 Å². The number of likely N-dealkylation sites (tertiary alicyclic amines) is 1. The van der Waals surface area contributed by atoms with Crippen LogP contribution in [0.25, 0.3) is 0 Å². The van der Waals surface area contributed by atoms with Gasteiger partial charge in [0.1, 0.15) is 5.41 Å². The molecule has 2 aliphatic rings. The molecule has 1 saturated carbocycles. The Kier molecular flexibility index (Phi) is 5.55. The zero-order valence-electron chi connectivity index (χ0n) is 15.2. The van der Waals surface area contributed by atoms with Gasteiger partial charge in [-0.15, -0.1) is 0 Å². The highest BCUT2D eigenvalue weighted by Crippen LogP contribution is 2.31. The Balaban J connectivity index is 1.74. The van der Waals surface area contributed by atoms with Crippen LogP contribution in [0.15, 0.2) is 29.2 Å². The molecule has 8 nitrogen and oxygen atoms in total.